The zero-order valence-electron chi connectivity index (χ0n) is 10.5. The fraction of sp³-hybridized carbons (Fsp3) is 0.571. The van der Waals surface area contributed by atoms with Gasteiger partial charge in [0.1, 0.15) is 0 Å². The van der Waals surface area contributed by atoms with Gasteiger partial charge in [0.25, 0.3) is 0 Å². The maximum Gasteiger partial charge on any atom is 0.0719 e. The van der Waals surface area contributed by atoms with Gasteiger partial charge in [-0.25, -0.2) is 0 Å². The average molecular weight is 331 g/mol. The average Bonchev–Trinajstić information content (AvgIpc) is 2.80. The summed E-state index contributed by atoms with van der Waals surface area (Å²) in [6.45, 7) is 4.61. The van der Waals surface area contributed by atoms with Crippen LogP contribution >= 0.6 is 38.6 Å². The molecule has 0 aliphatic carbocycles. The van der Waals surface area contributed by atoms with E-state index >= 15 is 0 Å². The van der Waals surface area contributed by atoms with Crippen LogP contribution in [0.1, 0.15) is 44.4 Å². The lowest BCUT2D eigenvalue weighted by Gasteiger charge is -2.12. The highest BCUT2D eigenvalue weighted by molar-refractivity contribution is 9.11. The lowest BCUT2D eigenvalue weighted by atomic mass is 9.95. The van der Waals surface area contributed by atoms with Crippen LogP contribution in [0.2, 0.25) is 0 Å². The molecule has 0 saturated heterocycles. The molecular weight excluding hydrogens is 312 g/mol. The third kappa shape index (κ3) is 3.55. The maximum absolute atomic E-state index is 3.55. The van der Waals surface area contributed by atoms with Gasteiger partial charge in [0.2, 0.25) is 0 Å². The molecule has 0 N–H and O–H groups in total. The summed E-state index contributed by atoms with van der Waals surface area (Å²) < 4.78 is 4.15. The van der Waals surface area contributed by atoms with E-state index in [4.69, 9.17) is 0 Å². The monoisotopic (exact) mass is 330 g/mol. The van der Waals surface area contributed by atoms with Gasteiger partial charge in [0, 0.05) is 14.3 Å². The number of halogens is 1. The molecule has 0 aliphatic heterocycles. The first kappa shape index (κ1) is 13.6. The highest BCUT2D eigenvalue weighted by Crippen LogP contribution is 2.37. The molecule has 0 bridgehead atoms. The summed E-state index contributed by atoms with van der Waals surface area (Å²) >= 11 is 7.38. The van der Waals surface area contributed by atoms with Gasteiger partial charge in [0.05, 0.1) is 3.79 Å². The van der Waals surface area contributed by atoms with E-state index in [0.717, 1.165) is 5.92 Å². The van der Waals surface area contributed by atoms with Crippen LogP contribution in [0, 0.1) is 5.92 Å². The lowest BCUT2D eigenvalue weighted by molar-refractivity contribution is 0.452. The number of rotatable bonds is 6. The number of hydrogen-bond acceptors (Lipinski definition) is 2. The van der Waals surface area contributed by atoms with Crippen molar-refractivity contribution in [2.45, 2.75) is 46.0 Å². The van der Waals surface area contributed by atoms with Crippen LogP contribution in [0.5, 0.6) is 0 Å². The molecule has 2 rings (SSSR count). The van der Waals surface area contributed by atoms with Crippen molar-refractivity contribution in [2.75, 3.05) is 0 Å². The largest absolute Gasteiger partial charge is 0.139 e. The van der Waals surface area contributed by atoms with Crippen LogP contribution in [0.3, 0.4) is 0 Å². The van der Waals surface area contributed by atoms with Crippen molar-refractivity contribution in [3.8, 4) is 0 Å². The number of thiophene rings is 2. The molecule has 94 valence electrons. The van der Waals surface area contributed by atoms with Gasteiger partial charge in [-0.1, -0.05) is 39.5 Å². The minimum absolute atomic E-state index is 0.881. The SMILES string of the molecule is CCCCC(CC)Cc1cc2sc(Br)cc2s1. The minimum Gasteiger partial charge on any atom is -0.139 e. The van der Waals surface area contributed by atoms with Crippen LogP contribution in [0.15, 0.2) is 15.9 Å². The molecule has 1 unspecified atom stereocenters. The van der Waals surface area contributed by atoms with Crippen LogP contribution in [-0.2, 0) is 6.42 Å². The first-order valence-electron chi connectivity index (χ1n) is 6.40. The van der Waals surface area contributed by atoms with Gasteiger partial charge < -0.3 is 0 Å². The molecule has 0 spiro atoms. The molecule has 3 heteroatoms. The van der Waals surface area contributed by atoms with Crippen LogP contribution in [-0.4, -0.2) is 0 Å². The molecule has 2 aromatic rings. The van der Waals surface area contributed by atoms with Gasteiger partial charge in [-0.3, -0.25) is 0 Å². The molecule has 0 saturated carbocycles. The van der Waals surface area contributed by atoms with Crippen molar-refractivity contribution < 1.29 is 0 Å². The van der Waals surface area contributed by atoms with E-state index in [0.29, 0.717) is 0 Å². The van der Waals surface area contributed by atoms with Gasteiger partial charge >= 0.3 is 0 Å². The van der Waals surface area contributed by atoms with E-state index in [1.807, 2.05) is 22.7 Å². The summed E-state index contributed by atoms with van der Waals surface area (Å²) in [6, 6.07) is 4.64. The molecule has 0 aromatic carbocycles. The molecule has 1 atom stereocenters. The lowest BCUT2D eigenvalue weighted by Crippen LogP contribution is -2.01. The van der Waals surface area contributed by atoms with Gasteiger partial charge in [-0.2, -0.15) is 0 Å². The second-order valence-electron chi connectivity index (χ2n) is 4.61. The summed E-state index contributed by atoms with van der Waals surface area (Å²) in [5, 5.41) is 0. The summed E-state index contributed by atoms with van der Waals surface area (Å²) in [7, 11) is 0. The highest BCUT2D eigenvalue weighted by atomic mass is 79.9. The molecule has 0 fully saturated rings. The molecule has 2 aromatic heterocycles. The van der Waals surface area contributed by atoms with Crippen LogP contribution in [0.25, 0.3) is 9.40 Å². The Bertz CT molecular complexity index is 438. The first-order valence-corrected chi connectivity index (χ1v) is 8.83. The molecular formula is C14H19BrS2. The maximum atomic E-state index is 3.55. The summed E-state index contributed by atoms with van der Waals surface area (Å²) in [5.41, 5.74) is 0. The van der Waals surface area contributed by atoms with E-state index < -0.39 is 0 Å². The van der Waals surface area contributed by atoms with E-state index in [2.05, 4.69) is 41.9 Å². The predicted molar refractivity (Wildman–Crippen MR) is 84.4 cm³/mol. The van der Waals surface area contributed by atoms with Gasteiger partial charge in [-0.05, 0) is 40.4 Å². The number of fused-ring (bicyclic) bond motifs is 1. The Morgan fingerprint density at radius 1 is 1.18 bits per heavy atom. The predicted octanol–water partition coefficient (Wildman–Crippen LogP) is 6.48. The van der Waals surface area contributed by atoms with E-state index in [1.165, 1.54) is 45.3 Å². The molecule has 17 heavy (non-hydrogen) atoms. The quantitative estimate of drug-likeness (QED) is 0.568. The zero-order valence-corrected chi connectivity index (χ0v) is 13.7. The second kappa shape index (κ2) is 6.35. The van der Waals surface area contributed by atoms with Gasteiger partial charge in [0.15, 0.2) is 0 Å². The van der Waals surface area contributed by atoms with E-state index in [9.17, 15) is 0 Å². The second-order valence-corrected chi connectivity index (χ2v) is 8.24. The topological polar surface area (TPSA) is 0 Å². The first-order chi connectivity index (χ1) is 8.22. The Kier molecular flexibility index (Phi) is 5.07. The van der Waals surface area contributed by atoms with Gasteiger partial charge in [-0.15, -0.1) is 22.7 Å². The number of hydrogen-bond donors (Lipinski definition) is 0. The molecule has 0 amide bonds. The Hall–Kier alpha value is 0.140. The Labute approximate surface area is 120 Å². The van der Waals surface area contributed by atoms with E-state index in [1.54, 1.807) is 4.88 Å². The Morgan fingerprint density at radius 3 is 2.59 bits per heavy atom. The molecule has 0 radical (unpaired) electrons. The third-order valence-corrected chi connectivity index (χ3v) is 6.08. The third-order valence-electron chi connectivity index (χ3n) is 3.26. The van der Waals surface area contributed by atoms with Crippen molar-refractivity contribution in [3.63, 3.8) is 0 Å². The normalized spacial score (nSPS) is 13.4. The minimum atomic E-state index is 0.881. The fourth-order valence-electron chi connectivity index (χ4n) is 2.18. The van der Waals surface area contributed by atoms with Crippen molar-refractivity contribution in [2.24, 2.45) is 5.92 Å². The summed E-state index contributed by atoms with van der Waals surface area (Å²) in [5.74, 6) is 0.881. The van der Waals surface area contributed by atoms with Crippen LogP contribution in [0.4, 0.5) is 0 Å². The Balaban J connectivity index is 2.03. The standard InChI is InChI=1S/C14H19BrS2/c1-3-5-6-10(4-2)7-11-8-12-13(16-11)9-14(15)17-12/h8-10H,3-7H2,1-2H3. The van der Waals surface area contributed by atoms with E-state index in [-0.39, 0.29) is 0 Å². The molecule has 2 heterocycles. The van der Waals surface area contributed by atoms with Crippen molar-refractivity contribution in [1.29, 1.82) is 0 Å². The summed E-state index contributed by atoms with van der Waals surface area (Å²) in [4.78, 5) is 1.57. The van der Waals surface area contributed by atoms with Crippen molar-refractivity contribution >= 4 is 48.0 Å². The number of unbranched alkanes of at least 4 members (excludes halogenated alkanes) is 1. The zero-order chi connectivity index (χ0) is 12.3. The smallest absolute Gasteiger partial charge is 0.0719 e. The summed E-state index contributed by atoms with van der Waals surface area (Å²) in [6.07, 6.45) is 6.68. The van der Waals surface area contributed by atoms with Crippen LogP contribution < -0.4 is 0 Å². The molecule has 0 aliphatic rings. The molecule has 0 nitrogen and oxygen atoms in total. The highest BCUT2D eigenvalue weighted by Gasteiger charge is 2.11. The fourth-order valence-corrected chi connectivity index (χ4v) is 5.35. The van der Waals surface area contributed by atoms with Crippen molar-refractivity contribution in [1.82, 2.24) is 0 Å². The Morgan fingerprint density at radius 2 is 1.94 bits per heavy atom. The van der Waals surface area contributed by atoms with Crippen molar-refractivity contribution in [3.05, 3.63) is 20.8 Å².